The number of aromatic nitrogens is 3. The van der Waals surface area contributed by atoms with Gasteiger partial charge in [-0.25, -0.2) is 4.98 Å². The molecule has 0 spiro atoms. The Kier molecular flexibility index (Phi) is 2.88. The second-order valence-electron chi connectivity index (χ2n) is 4.61. The number of rotatable bonds is 2. The van der Waals surface area contributed by atoms with Crippen molar-refractivity contribution in [1.82, 2.24) is 14.5 Å². The molecule has 2 heterocycles. The van der Waals surface area contributed by atoms with Crippen LogP contribution in [0.1, 0.15) is 31.3 Å². The number of hydrogen-bond acceptors (Lipinski definition) is 3. The Hall–Kier alpha value is -1.84. The highest BCUT2D eigenvalue weighted by atomic mass is 15.1. The first-order chi connectivity index (χ1) is 8.00. The summed E-state index contributed by atoms with van der Waals surface area (Å²) in [4.78, 5) is 8.88. The molecule has 0 aliphatic carbocycles. The predicted octanol–water partition coefficient (Wildman–Crippen LogP) is 2.50. The molecule has 0 unspecified atom stereocenters. The lowest BCUT2D eigenvalue weighted by molar-refractivity contribution is 0.715. The molecule has 0 bridgehead atoms. The third-order valence-corrected chi connectivity index (χ3v) is 2.88. The molecule has 0 aromatic carbocycles. The molecule has 4 heteroatoms. The fourth-order valence-electron chi connectivity index (χ4n) is 1.87. The average Bonchev–Trinajstić information content (AvgIpc) is 2.58. The van der Waals surface area contributed by atoms with Crippen molar-refractivity contribution >= 4 is 5.82 Å². The lowest BCUT2D eigenvalue weighted by atomic mass is 10.2. The minimum Gasteiger partial charge on any atom is -0.383 e. The fraction of sp³-hybridized carbons (Fsp3) is 0.385. The van der Waals surface area contributed by atoms with Gasteiger partial charge in [-0.1, -0.05) is 13.8 Å². The summed E-state index contributed by atoms with van der Waals surface area (Å²) < 4.78 is 1.94. The quantitative estimate of drug-likeness (QED) is 0.862. The molecule has 0 atom stereocenters. The summed E-state index contributed by atoms with van der Waals surface area (Å²) in [7, 11) is 1.95. The summed E-state index contributed by atoms with van der Waals surface area (Å²) >= 11 is 0. The minimum atomic E-state index is 0.356. The highest BCUT2D eigenvalue weighted by Gasteiger charge is 2.15. The Labute approximate surface area is 102 Å². The zero-order valence-corrected chi connectivity index (χ0v) is 10.7. The van der Waals surface area contributed by atoms with Gasteiger partial charge in [0.05, 0.1) is 0 Å². The van der Waals surface area contributed by atoms with Crippen molar-refractivity contribution in [3.05, 3.63) is 29.8 Å². The lowest BCUT2D eigenvalue weighted by Crippen LogP contribution is -2.02. The Morgan fingerprint density at radius 2 is 2.00 bits per heavy atom. The third-order valence-electron chi connectivity index (χ3n) is 2.88. The van der Waals surface area contributed by atoms with Gasteiger partial charge in [-0.3, -0.25) is 4.98 Å². The molecule has 2 aromatic rings. The van der Waals surface area contributed by atoms with Gasteiger partial charge in [-0.15, -0.1) is 0 Å². The summed E-state index contributed by atoms with van der Waals surface area (Å²) in [6, 6.07) is 3.98. The molecule has 2 aromatic heterocycles. The first kappa shape index (κ1) is 11.6. The standard InChI is InChI=1S/C13H18N4/c1-8(2)13-16-11(12(14)17(13)4)10-6-5-9(3)15-7-10/h5-8H,14H2,1-4H3. The van der Waals surface area contributed by atoms with Crippen LogP contribution < -0.4 is 5.73 Å². The van der Waals surface area contributed by atoms with E-state index < -0.39 is 0 Å². The molecule has 90 valence electrons. The highest BCUT2D eigenvalue weighted by Crippen LogP contribution is 2.27. The van der Waals surface area contributed by atoms with Crippen molar-refractivity contribution in [3.63, 3.8) is 0 Å². The van der Waals surface area contributed by atoms with E-state index in [0.717, 1.165) is 22.8 Å². The molecule has 0 radical (unpaired) electrons. The van der Waals surface area contributed by atoms with Crippen LogP contribution in [0, 0.1) is 6.92 Å². The van der Waals surface area contributed by atoms with Crippen LogP contribution in [0.2, 0.25) is 0 Å². The lowest BCUT2D eigenvalue weighted by Gasteiger charge is -2.04. The van der Waals surface area contributed by atoms with Crippen LogP contribution in [0.3, 0.4) is 0 Å². The molecule has 0 saturated carbocycles. The maximum atomic E-state index is 6.08. The summed E-state index contributed by atoms with van der Waals surface area (Å²) in [6.07, 6.45) is 1.82. The number of pyridine rings is 1. The topological polar surface area (TPSA) is 56.7 Å². The van der Waals surface area contributed by atoms with Crippen LogP contribution in [0.25, 0.3) is 11.3 Å². The second kappa shape index (κ2) is 4.20. The maximum Gasteiger partial charge on any atom is 0.131 e. The number of hydrogen-bond donors (Lipinski definition) is 1. The van der Waals surface area contributed by atoms with Gasteiger partial charge in [0.25, 0.3) is 0 Å². The molecule has 0 saturated heterocycles. The van der Waals surface area contributed by atoms with E-state index >= 15 is 0 Å². The summed E-state index contributed by atoms with van der Waals surface area (Å²) in [5.74, 6) is 2.05. The third kappa shape index (κ3) is 2.02. The molecular weight excluding hydrogens is 212 g/mol. The molecule has 17 heavy (non-hydrogen) atoms. The van der Waals surface area contributed by atoms with Gasteiger partial charge in [0, 0.05) is 30.4 Å². The average molecular weight is 230 g/mol. The number of nitrogens with two attached hydrogens (primary N) is 1. The first-order valence-electron chi connectivity index (χ1n) is 5.75. The molecule has 0 fully saturated rings. The van der Waals surface area contributed by atoms with E-state index in [1.54, 1.807) is 0 Å². The van der Waals surface area contributed by atoms with E-state index in [1.807, 2.05) is 36.9 Å². The predicted molar refractivity (Wildman–Crippen MR) is 69.7 cm³/mol. The Morgan fingerprint density at radius 3 is 2.47 bits per heavy atom. The zero-order chi connectivity index (χ0) is 12.6. The van der Waals surface area contributed by atoms with Gasteiger partial charge in [0.1, 0.15) is 17.3 Å². The normalized spacial score (nSPS) is 11.1. The summed E-state index contributed by atoms with van der Waals surface area (Å²) in [5, 5.41) is 0. The van der Waals surface area contributed by atoms with Gasteiger partial charge in [-0.2, -0.15) is 0 Å². The van der Waals surface area contributed by atoms with Crippen LogP contribution in [-0.4, -0.2) is 14.5 Å². The molecule has 2 N–H and O–H groups in total. The van der Waals surface area contributed by atoms with Gasteiger partial charge in [-0.05, 0) is 19.1 Å². The highest BCUT2D eigenvalue weighted by molar-refractivity contribution is 5.70. The monoisotopic (exact) mass is 230 g/mol. The summed E-state index contributed by atoms with van der Waals surface area (Å²) in [6.45, 7) is 6.18. The SMILES string of the molecule is Cc1ccc(-c2nc(C(C)C)n(C)c2N)cn1. The van der Waals surface area contributed by atoms with Crippen molar-refractivity contribution < 1.29 is 0 Å². The van der Waals surface area contributed by atoms with Crippen molar-refractivity contribution in [2.75, 3.05) is 5.73 Å². The largest absolute Gasteiger partial charge is 0.383 e. The molecule has 4 nitrogen and oxygen atoms in total. The summed E-state index contributed by atoms with van der Waals surface area (Å²) in [5.41, 5.74) is 8.87. The number of aryl methyl sites for hydroxylation is 1. The van der Waals surface area contributed by atoms with Crippen molar-refractivity contribution in [3.8, 4) is 11.3 Å². The van der Waals surface area contributed by atoms with Crippen molar-refractivity contribution in [2.45, 2.75) is 26.7 Å². The van der Waals surface area contributed by atoms with Crippen LogP contribution in [0.4, 0.5) is 5.82 Å². The molecular formula is C13H18N4. The Balaban J connectivity index is 2.53. The smallest absolute Gasteiger partial charge is 0.131 e. The van der Waals surface area contributed by atoms with Gasteiger partial charge in [0.15, 0.2) is 0 Å². The number of imidazole rings is 1. The fourth-order valence-corrected chi connectivity index (χ4v) is 1.87. The van der Waals surface area contributed by atoms with E-state index in [4.69, 9.17) is 5.73 Å². The van der Waals surface area contributed by atoms with E-state index in [2.05, 4.69) is 23.8 Å². The molecule has 0 amide bonds. The van der Waals surface area contributed by atoms with Crippen molar-refractivity contribution in [1.29, 1.82) is 0 Å². The Morgan fingerprint density at radius 1 is 1.29 bits per heavy atom. The van der Waals surface area contributed by atoms with Gasteiger partial charge >= 0.3 is 0 Å². The molecule has 2 rings (SSSR count). The van der Waals surface area contributed by atoms with Crippen LogP contribution in [0.5, 0.6) is 0 Å². The number of nitrogen functional groups attached to an aromatic ring is 1. The van der Waals surface area contributed by atoms with E-state index in [1.165, 1.54) is 0 Å². The van der Waals surface area contributed by atoms with Crippen molar-refractivity contribution in [2.24, 2.45) is 7.05 Å². The number of anilines is 1. The maximum absolute atomic E-state index is 6.08. The van der Waals surface area contributed by atoms with Gasteiger partial charge < -0.3 is 10.3 Å². The zero-order valence-electron chi connectivity index (χ0n) is 10.7. The van der Waals surface area contributed by atoms with Crippen LogP contribution >= 0.6 is 0 Å². The van der Waals surface area contributed by atoms with E-state index in [0.29, 0.717) is 11.7 Å². The second-order valence-corrected chi connectivity index (χ2v) is 4.61. The van der Waals surface area contributed by atoms with E-state index in [9.17, 15) is 0 Å². The van der Waals surface area contributed by atoms with Gasteiger partial charge in [0.2, 0.25) is 0 Å². The first-order valence-corrected chi connectivity index (χ1v) is 5.75. The van der Waals surface area contributed by atoms with E-state index in [-0.39, 0.29) is 0 Å². The molecule has 0 aliphatic rings. The van der Waals surface area contributed by atoms with Crippen LogP contribution in [-0.2, 0) is 7.05 Å². The van der Waals surface area contributed by atoms with Crippen LogP contribution in [0.15, 0.2) is 18.3 Å². The minimum absolute atomic E-state index is 0.356. The Bertz CT molecular complexity index is 523. The number of nitrogens with zero attached hydrogens (tertiary/aromatic N) is 3. The molecule has 0 aliphatic heterocycles.